The third-order valence-electron chi connectivity index (χ3n) is 6.68. The van der Waals surface area contributed by atoms with E-state index in [1.165, 1.54) is 19.9 Å². The molecule has 1 N–H and O–H groups in total. The van der Waals surface area contributed by atoms with Crippen LogP contribution in [0.1, 0.15) is 13.8 Å². The first kappa shape index (κ1) is 28.7. The molecule has 0 saturated heterocycles. The quantitative estimate of drug-likeness (QED) is 0.111. The van der Waals surface area contributed by atoms with Crippen molar-refractivity contribution in [3.8, 4) is 33.7 Å². The number of aromatic nitrogens is 1. The SMILES string of the molecule is CC(=O)/C=C(/C)O.[Ir].[c-]1ccc2c(oc3ccccc32)c1-c1cc2c(-c3ccccc3)c(-c3ccccc3)oc2cn1. The molecule has 0 aliphatic heterocycles. The van der Waals surface area contributed by atoms with Gasteiger partial charge < -0.3 is 18.9 Å². The van der Waals surface area contributed by atoms with Crippen molar-refractivity contribution in [2.75, 3.05) is 0 Å². The minimum absolute atomic E-state index is 0. The summed E-state index contributed by atoms with van der Waals surface area (Å²) in [4.78, 5) is 14.8. The Morgan fingerprint density at radius 2 is 1.45 bits per heavy atom. The Labute approximate surface area is 256 Å². The van der Waals surface area contributed by atoms with Crippen molar-refractivity contribution in [3.63, 3.8) is 0 Å². The number of rotatable bonds is 4. The van der Waals surface area contributed by atoms with Gasteiger partial charge in [0.25, 0.3) is 0 Å². The predicted molar refractivity (Wildman–Crippen MR) is 163 cm³/mol. The van der Waals surface area contributed by atoms with Crippen LogP contribution in [0, 0.1) is 6.07 Å². The number of pyridine rings is 1. The van der Waals surface area contributed by atoms with E-state index in [9.17, 15) is 4.79 Å². The molecule has 4 aromatic carbocycles. The molecule has 0 aliphatic carbocycles. The van der Waals surface area contributed by atoms with Crippen LogP contribution in [0.15, 0.2) is 130 Å². The normalized spacial score (nSPS) is 11.2. The van der Waals surface area contributed by atoms with Gasteiger partial charge in [-0.3, -0.25) is 4.79 Å². The average Bonchev–Trinajstić information content (AvgIpc) is 3.56. The van der Waals surface area contributed by atoms with Gasteiger partial charge >= 0.3 is 0 Å². The van der Waals surface area contributed by atoms with Gasteiger partial charge in [-0.25, -0.2) is 0 Å². The van der Waals surface area contributed by atoms with Crippen LogP contribution in [0.2, 0.25) is 0 Å². The minimum atomic E-state index is -0.125. The van der Waals surface area contributed by atoms with Crippen LogP contribution in [0.4, 0.5) is 0 Å². The fourth-order valence-electron chi connectivity index (χ4n) is 5.00. The first-order chi connectivity index (χ1) is 20.0. The number of nitrogens with zero attached hydrogens (tertiary/aromatic N) is 1. The number of allylic oxidation sites excluding steroid dienone is 2. The Morgan fingerprint density at radius 3 is 2.12 bits per heavy atom. The number of para-hydroxylation sites is 1. The molecule has 209 valence electrons. The second-order valence-electron chi connectivity index (χ2n) is 9.69. The standard InChI is InChI=1S/C31H18NO2.C5H8O2.Ir/c1-3-10-20(11-4-1)29-25-18-26(32-19-28(25)34-30(29)21-12-5-2-6-13-21)24-16-9-15-23-22-14-7-8-17-27(22)33-31(23)24;1-4(6)3-5(2)7;/h1-15,17-19H;3,6H,1-2H3;/q-1;;/b;4-3-;. The minimum Gasteiger partial charge on any atom is -0.512 e. The van der Waals surface area contributed by atoms with E-state index in [-0.39, 0.29) is 31.6 Å². The zero-order chi connectivity index (χ0) is 28.3. The van der Waals surface area contributed by atoms with E-state index in [0.717, 1.165) is 66.6 Å². The second kappa shape index (κ2) is 12.4. The third kappa shape index (κ3) is 5.68. The maximum absolute atomic E-state index is 10.0. The summed E-state index contributed by atoms with van der Waals surface area (Å²) in [5.41, 5.74) is 7.24. The van der Waals surface area contributed by atoms with Crippen molar-refractivity contribution >= 4 is 38.7 Å². The van der Waals surface area contributed by atoms with Gasteiger partial charge in [0.05, 0.1) is 17.5 Å². The number of hydrogen-bond donors (Lipinski definition) is 1. The number of hydrogen-bond acceptors (Lipinski definition) is 5. The molecule has 0 amide bonds. The summed E-state index contributed by atoms with van der Waals surface area (Å²) in [5.74, 6) is 0.777. The zero-order valence-electron chi connectivity index (χ0n) is 22.9. The van der Waals surface area contributed by atoms with Crippen molar-refractivity contribution in [3.05, 3.63) is 127 Å². The summed E-state index contributed by atoms with van der Waals surface area (Å²) in [7, 11) is 0. The molecule has 7 aromatic rings. The van der Waals surface area contributed by atoms with Gasteiger partial charge in [-0.2, -0.15) is 0 Å². The molecule has 0 bridgehead atoms. The van der Waals surface area contributed by atoms with Crippen LogP contribution in [0.3, 0.4) is 0 Å². The Balaban J connectivity index is 0.000000396. The van der Waals surface area contributed by atoms with Crippen LogP contribution in [-0.4, -0.2) is 15.9 Å². The number of aliphatic hydroxyl groups is 1. The van der Waals surface area contributed by atoms with E-state index >= 15 is 0 Å². The molecule has 5 nitrogen and oxygen atoms in total. The summed E-state index contributed by atoms with van der Waals surface area (Å²) in [6.07, 6.45) is 2.97. The molecule has 0 atom stereocenters. The van der Waals surface area contributed by atoms with Crippen molar-refractivity contribution < 1.29 is 38.8 Å². The van der Waals surface area contributed by atoms with E-state index in [2.05, 4.69) is 42.5 Å². The predicted octanol–water partition coefficient (Wildman–Crippen LogP) is 9.56. The summed E-state index contributed by atoms with van der Waals surface area (Å²) < 4.78 is 12.6. The van der Waals surface area contributed by atoms with Gasteiger partial charge in [0.15, 0.2) is 11.4 Å². The van der Waals surface area contributed by atoms with Crippen LogP contribution in [0.5, 0.6) is 0 Å². The zero-order valence-corrected chi connectivity index (χ0v) is 25.3. The van der Waals surface area contributed by atoms with Gasteiger partial charge in [0, 0.05) is 48.1 Å². The summed E-state index contributed by atoms with van der Waals surface area (Å²) >= 11 is 0. The Morgan fingerprint density at radius 1 is 0.786 bits per heavy atom. The number of fused-ring (bicyclic) bond motifs is 4. The Bertz CT molecular complexity index is 2040. The molecular formula is C36H26IrNO4-. The van der Waals surface area contributed by atoms with E-state index in [1.807, 2.05) is 66.7 Å². The molecule has 0 fully saturated rings. The molecule has 3 aromatic heterocycles. The number of furan rings is 2. The van der Waals surface area contributed by atoms with E-state index < -0.39 is 0 Å². The third-order valence-corrected chi connectivity index (χ3v) is 6.68. The van der Waals surface area contributed by atoms with Crippen LogP contribution >= 0.6 is 0 Å². The first-order valence-electron chi connectivity index (χ1n) is 13.2. The van der Waals surface area contributed by atoms with Crippen LogP contribution in [-0.2, 0) is 24.9 Å². The van der Waals surface area contributed by atoms with Crippen molar-refractivity contribution in [1.29, 1.82) is 0 Å². The number of carbonyl (C=O) groups is 1. The van der Waals surface area contributed by atoms with Crippen molar-refractivity contribution in [1.82, 2.24) is 4.98 Å². The fourth-order valence-corrected chi connectivity index (χ4v) is 5.00. The van der Waals surface area contributed by atoms with E-state index in [0.29, 0.717) is 0 Å². The van der Waals surface area contributed by atoms with E-state index in [1.54, 1.807) is 6.20 Å². The van der Waals surface area contributed by atoms with Gasteiger partial charge in [0.1, 0.15) is 11.3 Å². The molecule has 0 unspecified atom stereocenters. The fraction of sp³-hybridized carbons (Fsp3) is 0.0556. The maximum atomic E-state index is 10.0. The van der Waals surface area contributed by atoms with Gasteiger partial charge in [0.2, 0.25) is 0 Å². The van der Waals surface area contributed by atoms with Gasteiger partial charge in [-0.15, -0.1) is 18.2 Å². The molecule has 7 rings (SSSR count). The smallest absolute Gasteiger partial charge is 0.155 e. The Hall–Kier alpha value is -4.77. The number of carbonyl (C=O) groups excluding carboxylic acids is 1. The number of ketones is 1. The van der Waals surface area contributed by atoms with Crippen LogP contribution in [0.25, 0.3) is 66.6 Å². The van der Waals surface area contributed by atoms with Crippen molar-refractivity contribution in [2.45, 2.75) is 13.8 Å². The van der Waals surface area contributed by atoms with Crippen molar-refractivity contribution in [2.24, 2.45) is 0 Å². The summed E-state index contributed by atoms with van der Waals surface area (Å²) in [6.45, 7) is 2.85. The van der Waals surface area contributed by atoms with Crippen LogP contribution < -0.4 is 0 Å². The second-order valence-corrected chi connectivity index (χ2v) is 9.69. The molecular weight excluding hydrogens is 703 g/mol. The monoisotopic (exact) mass is 729 g/mol. The molecule has 1 radical (unpaired) electrons. The topological polar surface area (TPSA) is 76.5 Å². The maximum Gasteiger partial charge on any atom is 0.155 e. The molecule has 0 spiro atoms. The summed E-state index contributed by atoms with van der Waals surface area (Å²) in [6, 6.07) is 38.1. The summed E-state index contributed by atoms with van der Waals surface area (Å²) in [5, 5.41) is 11.5. The molecule has 0 aliphatic rings. The van der Waals surface area contributed by atoms with Gasteiger partial charge in [-0.05, 0) is 31.2 Å². The average molecular weight is 729 g/mol. The molecule has 6 heteroatoms. The molecule has 3 heterocycles. The first-order valence-corrected chi connectivity index (χ1v) is 13.2. The van der Waals surface area contributed by atoms with Gasteiger partial charge in [-0.1, -0.05) is 95.9 Å². The number of benzene rings is 4. The largest absolute Gasteiger partial charge is 0.512 e. The molecule has 42 heavy (non-hydrogen) atoms. The molecule has 0 saturated carbocycles. The van der Waals surface area contributed by atoms with E-state index in [4.69, 9.17) is 18.9 Å². The Kier molecular flexibility index (Phi) is 8.48. The number of aliphatic hydroxyl groups excluding tert-OH is 1.